The summed E-state index contributed by atoms with van der Waals surface area (Å²) >= 11 is 0. The van der Waals surface area contributed by atoms with E-state index in [0.717, 1.165) is 11.1 Å². The highest BCUT2D eigenvalue weighted by atomic mass is 19.1. The third-order valence-electron chi connectivity index (χ3n) is 3.69. The van der Waals surface area contributed by atoms with Crippen molar-refractivity contribution in [2.45, 2.75) is 13.0 Å². The molecule has 0 aliphatic heterocycles. The highest BCUT2D eigenvalue weighted by molar-refractivity contribution is 5.75. The Morgan fingerprint density at radius 1 is 1.14 bits per heavy atom. The maximum atomic E-state index is 14.3. The molecule has 0 aliphatic carbocycles. The number of halogens is 1. The number of aryl methyl sites for hydroxylation is 1. The fraction of sp³-hybridized carbons (Fsp3) is 0.188. The molecule has 0 spiro atoms. The van der Waals surface area contributed by atoms with Crippen molar-refractivity contribution in [3.05, 3.63) is 69.4 Å². The molecular formula is C16H16FN3O. The third-order valence-corrected chi connectivity index (χ3v) is 3.69. The number of rotatable bonds is 3. The van der Waals surface area contributed by atoms with Crippen LogP contribution in [0.25, 0.3) is 11.0 Å². The molecule has 3 rings (SSSR count). The standard InChI is InChI=1S/C16H16FN3O/c1-9-4-3-5-11(14(9)17)15(18-2)10-6-7-12-13(8-10)20-16(21)19-12/h3-8,15,18H,1-2H3,(H2,19,20,21). The number of fused-ring (bicyclic) bond motifs is 1. The van der Waals surface area contributed by atoms with E-state index >= 15 is 0 Å². The van der Waals surface area contributed by atoms with Crippen LogP contribution in [0.3, 0.4) is 0 Å². The molecule has 3 N–H and O–H groups in total. The van der Waals surface area contributed by atoms with Gasteiger partial charge in [-0.3, -0.25) is 0 Å². The molecule has 1 aromatic heterocycles. The number of benzene rings is 2. The Morgan fingerprint density at radius 3 is 2.67 bits per heavy atom. The van der Waals surface area contributed by atoms with Crippen LogP contribution >= 0.6 is 0 Å². The van der Waals surface area contributed by atoms with E-state index in [2.05, 4.69) is 15.3 Å². The van der Waals surface area contributed by atoms with Crippen LogP contribution in [-0.2, 0) is 0 Å². The lowest BCUT2D eigenvalue weighted by Gasteiger charge is -2.18. The molecule has 0 amide bonds. The Kier molecular flexibility index (Phi) is 3.35. The van der Waals surface area contributed by atoms with Gasteiger partial charge in [-0.2, -0.15) is 0 Å². The van der Waals surface area contributed by atoms with E-state index in [9.17, 15) is 9.18 Å². The van der Waals surface area contributed by atoms with Crippen LogP contribution in [0.5, 0.6) is 0 Å². The van der Waals surface area contributed by atoms with Gasteiger partial charge < -0.3 is 15.3 Å². The highest BCUT2D eigenvalue weighted by Gasteiger charge is 2.17. The number of aromatic amines is 2. The molecular weight excluding hydrogens is 269 g/mol. The van der Waals surface area contributed by atoms with E-state index in [1.54, 1.807) is 26.1 Å². The van der Waals surface area contributed by atoms with Crippen molar-refractivity contribution < 1.29 is 4.39 Å². The van der Waals surface area contributed by atoms with Gasteiger partial charge in [0.05, 0.1) is 17.1 Å². The molecule has 1 heterocycles. The maximum absolute atomic E-state index is 14.3. The van der Waals surface area contributed by atoms with Crippen LogP contribution in [0.4, 0.5) is 4.39 Å². The van der Waals surface area contributed by atoms with Gasteiger partial charge in [0.2, 0.25) is 0 Å². The maximum Gasteiger partial charge on any atom is 0.323 e. The minimum atomic E-state index is -0.271. The lowest BCUT2D eigenvalue weighted by atomic mass is 9.96. The van der Waals surface area contributed by atoms with Crippen LogP contribution in [-0.4, -0.2) is 17.0 Å². The predicted octanol–water partition coefficient (Wildman–Crippen LogP) is 2.61. The molecule has 0 bridgehead atoms. The molecule has 1 unspecified atom stereocenters. The second-order valence-electron chi connectivity index (χ2n) is 5.08. The monoisotopic (exact) mass is 285 g/mol. The Hall–Kier alpha value is -2.40. The molecule has 0 aliphatic rings. The average Bonchev–Trinajstić information content (AvgIpc) is 2.83. The summed E-state index contributed by atoms with van der Waals surface area (Å²) in [7, 11) is 1.79. The molecule has 0 saturated carbocycles. The van der Waals surface area contributed by atoms with Crippen LogP contribution in [0.2, 0.25) is 0 Å². The zero-order valence-corrected chi connectivity index (χ0v) is 11.8. The van der Waals surface area contributed by atoms with E-state index < -0.39 is 0 Å². The average molecular weight is 285 g/mol. The molecule has 3 aromatic rings. The minimum Gasteiger partial charge on any atom is -0.309 e. The molecule has 1 atom stereocenters. The summed E-state index contributed by atoms with van der Waals surface area (Å²) in [6.45, 7) is 1.75. The Balaban J connectivity index is 2.13. The lowest BCUT2D eigenvalue weighted by Crippen LogP contribution is -2.19. The molecule has 0 saturated heterocycles. The molecule has 5 heteroatoms. The minimum absolute atomic E-state index is 0.209. The second-order valence-corrected chi connectivity index (χ2v) is 5.08. The fourth-order valence-electron chi connectivity index (χ4n) is 2.62. The zero-order chi connectivity index (χ0) is 15.0. The molecule has 108 valence electrons. The Morgan fingerprint density at radius 2 is 1.90 bits per heavy atom. The molecule has 4 nitrogen and oxygen atoms in total. The van der Waals surface area contributed by atoms with Gasteiger partial charge in [-0.1, -0.05) is 24.3 Å². The highest BCUT2D eigenvalue weighted by Crippen LogP contribution is 2.27. The summed E-state index contributed by atoms with van der Waals surface area (Å²) in [5, 5.41) is 3.13. The number of hydrogen-bond acceptors (Lipinski definition) is 2. The van der Waals surface area contributed by atoms with Crippen molar-refractivity contribution in [2.75, 3.05) is 7.05 Å². The normalized spacial score (nSPS) is 12.7. The van der Waals surface area contributed by atoms with E-state index in [4.69, 9.17) is 0 Å². The first-order valence-corrected chi connectivity index (χ1v) is 6.74. The second kappa shape index (κ2) is 5.18. The van der Waals surface area contributed by atoms with E-state index in [0.29, 0.717) is 16.6 Å². The van der Waals surface area contributed by atoms with Gasteiger partial charge in [0.15, 0.2) is 0 Å². The summed E-state index contributed by atoms with van der Waals surface area (Å²) in [6, 6.07) is 10.7. The number of imidazole rings is 1. The summed E-state index contributed by atoms with van der Waals surface area (Å²) in [6.07, 6.45) is 0. The molecule has 0 fully saturated rings. The van der Waals surface area contributed by atoms with Gasteiger partial charge >= 0.3 is 5.69 Å². The quantitative estimate of drug-likeness (QED) is 0.692. The van der Waals surface area contributed by atoms with Gasteiger partial charge in [0.1, 0.15) is 5.82 Å². The zero-order valence-electron chi connectivity index (χ0n) is 11.8. The first-order chi connectivity index (χ1) is 10.1. The lowest BCUT2D eigenvalue weighted by molar-refractivity contribution is 0.569. The number of hydrogen-bond donors (Lipinski definition) is 3. The molecule has 0 radical (unpaired) electrons. The van der Waals surface area contributed by atoms with E-state index in [1.165, 1.54) is 0 Å². The van der Waals surface area contributed by atoms with Crippen molar-refractivity contribution >= 4 is 11.0 Å². The van der Waals surface area contributed by atoms with Crippen molar-refractivity contribution in [3.63, 3.8) is 0 Å². The smallest absolute Gasteiger partial charge is 0.309 e. The van der Waals surface area contributed by atoms with Crippen LogP contribution < -0.4 is 11.0 Å². The number of aromatic nitrogens is 2. The van der Waals surface area contributed by atoms with Crippen molar-refractivity contribution in [3.8, 4) is 0 Å². The Labute approximate surface area is 121 Å². The van der Waals surface area contributed by atoms with Crippen molar-refractivity contribution in [1.29, 1.82) is 0 Å². The number of nitrogens with one attached hydrogen (secondary N) is 3. The number of H-pyrrole nitrogens is 2. The fourth-order valence-corrected chi connectivity index (χ4v) is 2.62. The van der Waals surface area contributed by atoms with Gasteiger partial charge in [-0.05, 0) is 37.2 Å². The van der Waals surface area contributed by atoms with Gasteiger partial charge in [-0.15, -0.1) is 0 Å². The van der Waals surface area contributed by atoms with Gasteiger partial charge in [0, 0.05) is 5.56 Å². The van der Waals surface area contributed by atoms with Crippen LogP contribution in [0.1, 0.15) is 22.7 Å². The topological polar surface area (TPSA) is 60.7 Å². The first kappa shape index (κ1) is 13.6. The molecule has 2 aromatic carbocycles. The molecule has 21 heavy (non-hydrogen) atoms. The third kappa shape index (κ3) is 2.36. The Bertz CT molecular complexity index is 850. The van der Waals surface area contributed by atoms with E-state index in [1.807, 2.05) is 24.3 Å². The van der Waals surface area contributed by atoms with Crippen molar-refractivity contribution in [2.24, 2.45) is 0 Å². The summed E-state index contributed by atoms with van der Waals surface area (Å²) < 4.78 is 14.3. The van der Waals surface area contributed by atoms with Gasteiger partial charge in [0.25, 0.3) is 0 Å². The first-order valence-electron chi connectivity index (χ1n) is 6.74. The summed E-state index contributed by atoms with van der Waals surface area (Å²) in [5.41, 5.74) is 3.31. The summed E-state index contributed by atoms with van der Waals surface area (Å²) in [5.74, 6) is -0.209. The van der Waals surface area contributed by atoms with Crippen LogP contribution in [0, 0.1) is 12.7 Å². The predicted molar refractivity (Wildman–Crippen MR) is 81.0 cm³/mol. The van der Waals surface area contributed by atoms with Crippen molar-refractivity contribution in [1.82, 2.24) is 15.3 Å². The summed E-state index contributed by atoms with van der Waals surface area (Å²) in [4.78, 5) is 16.7. The van der Waals surface area contributed by atoms with Crippen LogP contribution in [0.15, 0.2) is 41.2 Å². The largest absolute Gasteiger partial charge is 0.323 e. The van der Waals surface area contributed by atoms with Gasteiger partial charge in [-0.25, -0.2) is 9.18 Å². The van der Waals surface area contributed by atoms with E-state index in [-0.39, 0.29) is 17.5 Å². The SMILES string of the molecule is CNC(c1ccc2[nH]c(=O)[nH]c2c1)c1cccc(C)c1F.